The first kappa shape index (κ1) is 12.9. The lowest BCUT2D eigenvalue weighted by Crippen LogP contribution is -2.32. The zero-order chi connectivity index (χ0) is 12.3. The van der Waals surface area contributed by atoms with Crippen LogP contribution in [-0.2, 0) is 0 Å². The molecule has 94 valence electrons. The number of benzene rings is 1. The topological polar surface area (TPSA) is 32.3 Å². The van der Waals surface area contributed by atoms with E-state index in [2.05, 4.69) is 40.3 Å². The van der Waals surface area contributed by atoms with E-state index in [1.807, 2.05) is 6.07 Å². The minimum Gasteiger partial charge on any atom is -0.391 e. The van der Waals surface area contributed by atoms with Crippen molar-refractivity contribution in [2.24, 2.45) is 0 Å². The Morgan fingerprint density at radius 1 is 1.24 bits per heavy atom. The molecule has 2 N–H and O–H groups in total. The monoisotopic (exact) mass is 297 g/mol. The van der Waals surface area contributed by atoms with Gasteiger partial charge in [0.05, 0.1) is 12.1 Å². The van der Waals surface area contributed by atoms with Crippen LogP contribution >= 0.6 is 15.9 Å². The van der Waals surface area contributed by atoms with E-state index in [-0.39, 0.29) is 12.1 Å². The second kappa shape index (κ2) is 5.87. The molecule has 0 heterocycles. The van der Waals surface area contributed by atoms with Crippen LogP contribution in [0.25, 0.3) is 0 Å². The number of hydrogen-bond acceptors (Lipinski definition) is 2. The van der Waals surface area contributed by atoms with E-state index < -0.39 is 0 Å². The van der Waals surface area contributed by atoms with Gasteiger partial charge in [0.2, 0.25) is 0 Å². The van der Waals surface area contributed by atoms with Gasteiger partial charge in [0.15, 0.2) is 0 Å². The van der Waals surface area contributed by atoms with Crippen molar-refractivity contribution >= 4 is 21.6 Å². The first-order chi connectivity index (χ1) is 8.16. The van der Waals surface area contributed by atoms with Crippen molar-refractivity contribution < 1.29 is 5.11 Å². The van der Waals surface area contributed by atoms with Gasteiger partial charge in [0.25, 0.3) is 0 Å². The summed E-state index contributed by atoms with van der Waals surface area (Å²) in [6.45, 7) is 2.09. The zero-order valence-corrected chi connectivity index (χ0v) is 11.8. The van der Waals surface area contributed by atoms with Crippen LogP contribution in [-0.4, -0.2) is 17.3 Å². The molecular weight excluding hydrogens is 278 g/mol. The molecule has 1 fully saturated rings. The summed E-state index contributed by atoms with van der Waals surface area (Å²) in [5, 5.41) is 13.6. The largest absolute Gasteiger partial charge is 0.391 e. The van der Waals surface area contributed by atoms with Gasteiger partial charge in [-0.3, -0.25) is 0 Å². The van der Waals surface area contributed by atoms with E-state index in [4.69, 9.17) is 0 Å². The van der Waals surface area contributed by atoms with Gasteiger partial charge in [-0.25, -0.2) is 0 Å². The van der Waals surface area contributed by atoms with Crippen molar-refractivity contribution in [3.63, 3.8) is 0 Å². The van der Waals surface area contributed by atoms with Crippen LogP contribution in [0, 0.1) is 6.92 Å². The summed E-state index contributed by atoms with van der Waals surface area (Å²) in [5.74, 6) is 0. The highest BCUT2D eigenvalue weighted by atomic mass is 79.9. The van der Waals surface area contributed by atoms with Crippen LogP contribution in [0.1, 0.15) is 37.7 Å². The van der Waals surface area contributed by atoms with E-state index >= 15 is 0 Å². The third-order valence-corrected chi connectivity index (χ3v) is 4.00. The third kappa shape index (κ3) is 3.46. The summed E-state index contributed by atoms with van der Waals surface area (Å²) >= 11 is 3.47. The maximum absolute atomic E-state index is 10.1. The van der Waals surface area contributed by atoms with Crippen molar-refractivity contribution in [3.05, 3.63) is 28.2 Å². The Balaban J connectivity index is 2.08. The molecule has 17 heavy (non-hydrogen) atoms. The molecule has 0 aromatic heterocycles. The van der Waals surface area contributed by atoms with Crippen LogP contribution in [0.2, 0.25) is 0 Å². The summed E-state index contributed by atoms with van der Waals surface area (Å²) in [6, 6.07) is 6.43. The quantitative estimate of drug-likeness (QED) is 0.813. The Labute approximate surface area is 112 Å². The molecule has 0 bridgehead atoms. The molecule has 0 radical (unpaired) electrons. The Morgan fingerprint density at radius 3 is 2.76 bits per heavy atom. The zero-order valence-electron chi connectivity index (χ0n) is 10.2. The Hall–Kier alpha value is -0.540. The lowest BCUT2D eigenvalue weighted by Gasteiger charge is -2.24. The number of aliphatic hydroxyl groups is 1. The van der Waals surface area contributed by atoms with Gasteiger partial charge in [-0.15, -0.1) is 0 Å². The van der Waals surface area contributed by atoms with Crippen molar-refractivity contribution in [3.8, 4) is 0 Å². The highest BCUT2D eigenvalue weighted by Crippen LogP contribution is 2.25. The molecule has 2 rings (SSSR count). The molecule has 0 aliphatic heterocycles. The predicted octanol–water partition coefficient (Wildman–Crippen LogP) is 3.86. The standard InChI is InChI=1S/C14H20BrNO/c1-10-9-11(15)7-8-12(10)16-13-5-3-2-4-6-14(13)17/h7-9,13-14,16-17H,2-6H2,1H3. The Morgan fingerprint density at radius 2 is 2.00 bits per heavy atom. The predicted molar refractivity (Wildman–Crippen MR) is 75.4 cm³/mol. The second-order valence-electron chi connectivity index (χ2n) is 4.92. The normalized spacial score (nSPS) is 25.4. The summed E-state index contributed by atoms with van der Waals surface area (Å²) in [7, 11) is 0. The van der Waals surface area contributed by atoms with E-state index in [0.29, 0.717) is 0 Å². The number of halogens is 1. The number of hydrogen-bond donors (Lipinski definition) is 2. The highest BCUT2D eigenvalue weighted by Gasteiger charge is 2.21. The molecule has 1 aliphatic carbocycles. The number of anilines is 1. The van der Waals surface area contributed by atoms with E-state index in [9.17, 15) is 5.11 Å². The summed E-state index contributed by atoms with van der Waals surface area (Å²) in [4.78, 5) is 0. The molecule has 0 amide bonds. The van der Waals surface area contributed by atoms with Gasteiger partial charge >= 0.3 is 0 Å². The van der Waals surface area contributed by atoms with Gasteiger partial charge in [-0.2, -0.15) is 0 Å². The molecule has 2 unspecified atom stereocenters. The maximum atomic E-state index is 10.1. The summed E-state index contributed by atoms with van der Waals surface area (Å²) < 4.78 is 1.10. The fourth-order valence-electron chi connectivity index (χ4n) is 2.45. The van der Waals surface area contributed by atoms with Gasteiger partial charge in [-0.05, 0) is 43.5 Å². The van der Waals surface area contributed by atoms with Crippen molar-refractivity contribution in [2.75, 3.05) is 5.32 Å². The van der Waals surface area contributed by atoms with Gasteiger partial charge in [-0.1, -0.05) is 35.2 Å². The van der Waals surface area contributed by atoms with E-state index in [1.54, 1.807) is 0 Å². The molecule has 1 aromatic rings. The van der Waals surface area contributed by atoms with Crippen molar-refractivity contribution in [1.82, 2.24) is 0 Å². The number of nitrogens with one attached hydrogen (secondary N) is 1. The molecule has 0 saturated heterocycles. The second-order valence-corrected chi connectivity index (χ2v) is 5.83. The molecule has 3 heteroatoms. The average molecular weight is 298 g/mol. The Bertz CT molecular complexity index is 380. The van der Waals surface area contributed by atoms with Gasteiger partial charge in [0, 0.05) is 10.2 Å². The SMILES string of the molecule is Cc1cc(Br)ccc1NC1CCCCCC1O. The number of rotatable bonds is 2. The summed E-state index contributed by atoms with van der Waals surface area (Å²) in [5.41, 5.74) is 2.36. The molecule has 1 aliphatic rings. The number of aryl methyl sites for hydroxylation is 1. The van der Waals surface area contributed by atoms with Gasteiger partial charge in [0.1, 0.15) is 0 Å². The molecule has 1 saturated carbocycles. The third-order valence-electron chi connectivity index (χ3n) is 3.51. The molecule has 2 atom stereocenters. The summed E-state index contributed by atoms with van der Waals surface area (Å²) in [6.07, 6.45) is 5.39. The van der Waals surface area contributed by atoms with Crippen LogP contribution < -0.4 is 5.32 Å². The first-order valence-electron chi connectivity index (χ1n) is 6.37. The fourth-order valence-corrected chi connectivity index (χ4v) is 2.92. The minimum absolute atomic E-state index is 0.206. The van der Waals surface area contributed by atoms with Crippen molar-refractivity contribution in [2.45, 2.75) is 51.2 Å². The van der Waals surface area contributed by atoms with Crippen LogP contribution in [0.15, 0.2) is 22.7 Å². The molecule has 2 nitrogen and oxygen atoms in total. The highest BCUT2D eigenvalue weighted by molar-refractivity contribution is 9.10. The maximum Gasteiger partial charge on any atom is 0.0741 e. The molecular formula is C14H20BrNO. The van der Waals surface area contributed by atoms with E-state index in [0.717, 1.165) is 29.4 Å². The van der Waals surface area contributed by atoms with Crippen molar-refractivity contribution in [1.29, 1.82) is 0 Å². The first-order valence-corrected chi connectivity index (χ1v) is 7.17. The Kier molecular flexibility index (Phi) is 4.46. The van der Waals surface area contributed by atoms with Crippen LogP contribution in [0.5, 0.6) is 0 Å². The lowest BCUT2D eigenvalue weighted by molar-refractivity contribution is 0.144. The van der Waals surface area contributed by atoms with E-state index in [1.165, 1.54) is 18.4 Å². The lowest BCUT2D eigenvalue weighted by atomic mass is 10.0. The fraction of sp³-hybridized carbons (Fsp3) is 0.571. The molecule has 1 aromatic carbocycles. The number of aliphatic hydroxyl groups excluding tert-OH is 1. The molecule has 0 spiro atoms. The average Bonchev–Trinajstić information content (AvgIpc) is 2.48. The minimum atomic E-state index is -0.208. The van der Waals surface area contributed by atoms with Crippen LogP contribution in [0.3, 0.4) is 0 Å². The van der Waals surface area contributed by atoms with Gasteiger partial charge < -0.3 is 10.4 Å². The van der Waals surface area contributed by atoms with Crippen LogP contribution in [0.4, 0.5) is 5.69 Å². The smallest absolute Gasteiger partial charge is 0.0741 e.